The van der Waals surface area contributed by atoms with Gasteiger partial charge < -0.3 is 9.73 Å². The van der Waals surface area contributed by atoms with Crippen molar-refractivity contribution < 1.29 is 14.4 Å². The second kappa shape index (κ2) is 9.34. The summed E-state index contributed by atoms with van der Waals surface area (Å²) >= 11 is 5.03. The van der Waals surface area contributed by atoms with Crippen molar-refractivity contribution in [1.82, 2.24) is 10.8 Å². The number of hydroxylamine groups is 1. The minimum Gasteiger partial charge on any atom is -0.451 e. The van der Waals surface area contributed by atoms with Crippen molar-refractivity contribution in [2.24, 2.45) is 0 Å². The largest absolute Gasteiger partial charge is 0.451 e. The number of furan rings is 1. The molecule has 0 unspecified atom stereocenters. The maximum atomic E-state index is 13.0. The summed E-state index contributed by atoms with van der Waals surface area (Å²) < 4.78 is 5.76. The predicted molar refractivity (Wildman–Crippen MR) is 124 cm³/mol. The monoisotopic (exact) mass is 432 g/mol. The van der Waals surface area contributed by atoms with Gasteiger partial charge in [0.2, 0.25) is 0 Å². The van der Waals surface area contributed by atoms with E-state index < -0.39 is 5.54 Å². The molecule has 1 fully saturated rings. The van der Waals surface area contributed by atoms with Gasteiger partial charge in [-0.05, 0) is 37.1 Å². The lowest BCUT2D eigenvalue weighted by molar-refractivity contribution is 0.0887. The van der Waals surface area contributed by atoms with E-state index in [1.807, 2.05) is 54.0 Å². The molecule has 1 aromatic heterocycles. The van der Waals surface area contributed by atoms with Gasteiger partial charge in [0.1, 0.15) is 16.1 Å². The number of fused-ring (bicyclic) bond motifs is 1. The molecule has 2 aromatic carbocycles. The molecular formula is C25H24N2O3S. The Labute approximate surface area is 186 Å². The van der Waals surface area contributed by atoms with Gasteiger partial charge in [0.05, 0.1) is 0 Å². The Morgan fingerprint density at radius 3 is 2.42 bits per heavy atom. The topological polar surface area (TPSA) is 74.5 Å². The average Bonchev–Trinajstić information content (AvgIpc) is 3.11. The second-order valence-electron chi connectivity index (χ2n) is 7.87. The number of hydrogen-bond acceptors (Lipinski definition) is 4. The van der Waals surface area contributed by atoms with Gasteiger partial charge in [-0.3, -0.25) is 15.5 Å². The molecule has 1 aliphatic carbocycles. The highest BCUT2D eigenvalue weighted by molar-refractivity contribution is 7.80. The van der Waals surface area contributed by atoms with Crippen LogP contribution in [0.2, 0.25) is 0 Å². The fourth-order valence-corrected chi connectivity index (χ4v) is 4.08. The summed E-state index contributed by atoms with van der Waals surface area (Å²) in [5.74, 6) is 6.67. The van der Waals surface area contributed by atoms with Crippen LogP contribution in [0.1, 0.15) is 60.2 Å². The number of rotatable bonds is 3. The number of benzene rings is 2. The van der Waals surface area contributed by atoms with Crippen LogP contribution in [0.5, 0.6) is 0 Å². The second-order valence-corrected chi connectivity index (χ2v) is 8.28. The molecule has 1 saturated carbocycles. The Morgan fingerprint density at radius 1 is 1.03 bits per heavy atom. The van der Waals surface area contributed by atoms with E-state index in [4.69, 9.17) is 21.8 Å². The van der Waals surface area contributed by atoms with Crippen molar-refractivity contribution in [3.8, 4) is 11.8 Å². The first-order valence-electron chi connectivity index (χ1n) is 10.5. The van der Waals surface area contributed by atoms with E-state index in [2.05, 4.69) is 17.2 Å². The van der Waals surface area contributed by atoms with E-state index in [9.17, 15) is 4.79 Å². The van der Waals surface area contributed by atoms with E-state index in [1.165, 1.54) is 0 Å². The molecule has 0 atom stereocenters. The van der Waals surface area contributed by atoms with Crippen LogP contribution in [-0.4, -0.2) is 21.6 Å². The number of nitrogens with one attached hydrogen (secondary N) is 2. The molecule has 0 saturated heterocycles. The molecule has 4 rings (SSSR count). The Hall–Kier alpha value is -3.14. The first-order chi connectivity index (χ1) is 15.1. The van der Waals surface area contributed by atoms with Gasteiger partial charge in [-0.1, -0.05) is 80.1 Å². The van der Waals surface area contributed by atoms with Crippen LogP contribution in [0.4, 0.5) is 0 Å². The number of carbonyl (C=O) groups is 1. The average molecular weight is 433 g/mol. The van der Waals surface area contributed by atoms with Gasteiger partial charge in [0.25, 0.3) is 5.91 Å². The molecule has 3 aromatic rings. The standard InChI is InChI=1S/C25H24N2O3S/c28-23(22-17-20-7-3-4-8-21(20)30-22)26-25(14-5-1-2-6-15-25)16-13-18-9-11-19(12-10-18)24(31)27-29/h3-4,7-12,17,29H,1-2,5-6,14-15H2,(H,26,28)(H,27,31). The van der Waals surface area contributed by atoms with E-state index in [1.54, 1.807) is 6.07 Å². The molecule has 158 valence electrons. The van der Waals surface area contributed by atoms with Gasteiger partial charge in [0.15, 0.2) is 5.76 Å². The van der Waals surface area contributed by atoms with Gasteiger partial charge in [-0.25, -0.2) is 0 Å². The highest BCUT2D eigenvalue weighted by Crippen LogP contribution is 2.28. The Kier molecular flexibility index (Phi) is 6.36. The minimum atomic E-state index is -0.590. The Morgan fingerprint density at radius 2 is 1.74 bits per heavy atom. The maximum Gasteiger partial charge on any atom is 0.288 e. The summed E-state index contributed by atoms with van der Waals surface area (Å²) in [7, 11) is 0. The molecule has 0 spiro atoms. The van der Waals surface area contributed by atoms with E-state index in [0.717, 1.165) is 49.5 Å². The highest BCUT2D eigenvalue weighted by Gasteiger charge is 2.32. The lowest BCUT2D eigenvalue weighted by atomic mass is 9.90. The molecule has 0 aliphatic heterocycles. The van der Waals surface area contributed by atoms with Crippen LogP contribution in [0.3, 0.4) is 0 Å². The molecule has 0 bridgehead atoms. The number of para-hydroxylation sites is 1. The summed E-state index contributed by atoms with van der Waals surface area (Å²) in [5, 5.41) is 13.0. The van der Waals surface area contributed by atoms with Crippen LogP contribution < -0.4 is 10.8 Å². The zero-order valence-corrected chi connectivity index (χ0v) is 17.9. The smallest absolute Gasteiger partial charge is 0.288 e. The molecule has 3 N–H and O–H groups in total. The molecule has 1 aliphatic rings. The van der Waals surface area contributed by atoms with Gasteiger partial charge in [0, 0.05) is 16.5 Å². The molecule has 5 nitrogen and oxygen atoms in total. The van der Waals surface area contributed by atoms with Gasteiger partial charge in [-0.15, -0.1) is 0 Å². The first kappa shape index (κ1) is 21.1. The van der Waals surface area contributed by atoms with E-state index in [0.29, 0.717) is 16.9 Å². The number of carbonyl (C=O) groups excluding carboxylic acids is 1. The fraction of sp³-hybridized carbons (Fsp3) is 0.280. The quantitative estimate of drug-likeness (QED) is 0.236. The molecule has 31 heavy (non-hydrogen) atoms. The normalized spacial score (nSPS) is 15.4. The van der Waals surface area contributed by atoms with Crippen LogP contribution in [0.15, 0.2) is 59.0 Å². The number of hydrogen-bond donors (Lipinski definition) is 3. The third kappa shape index (κ3) is 4.96. The summed E-state index contributed by atoms with van der Waals surface area (Å²) in [5.41, 5.74) is 3.63. The predicted octanol–water partition coefficient (Wildman–Crippen LogP) is 4.96. The van der Waals surface area contributed by atoms with Crippen LogP contribution in [0, 0.1) is 11.8 Å². The third-order valence-electron chi connectivity index (χ3n) is 5.65. The lowest BCUT2D eigenvalue weighted by Crippen LogP contribution is -2.47. The lowest BCUT2D eigenvalue weighted by Gasteiger charge is -2.28. The summed E-state index contributed by atoms with van der Waals surface area (Å²) in [6.07, 6.45) is 5.94. The molecule has 1 amide bonds. The maximum absolute atomic E-state index is 13.0. The first-order valence-corrected chi connectivity index (χ1v) is 10.9. The molecule has 0 radical (unpaired) electrons. The molecule has 6 heteroatoms. The van der Waals surface area contributed by atoms with Crippen molar-refractivity contribution in [1.29, 1.82) is 0 Å². The zero-order chi connectivity index (χ0) is 21.7. The van der Waals surface area contributed by atoms with Crippen molar-refractivity contribution in [2.75, 3.05) is 0 Å². The highest BCUT2D eigenvalue weighted by atomic mass is 32.1. The SMILES string of the molecule is O=C(NC1(C#Cc2ccc(C(=S)NO)cc2)CCCCCC1)c1cc2ccccc2o1. The molecular weight excluding hydrogens is 408 g/mol. The van der Waals surface area contributed by atoms with Crippen LogP contribution in [-0.2, 0) is 0 Å². The Balaban J connectivity index is 1.59. The van der Waals surface area contributed by atoms with Crippen molar-refractivity contribution in [3.63, 3.8) is 0 Å². The summed E-state index contributed by atoms with van der Waals surface area (Å²) in [6.45, 7) is 0. The fourth-order valence-electron chi connectivity index (χ4n) is 3.95. The van der Waals surface area contributed by atoms with Crippen molar-refractivity contribution in [2.45, 2.75) is 44.1 Å². The molecule has 1 heterocycles. The number of thiocarbonyl (C=S) groups is 1. The van der Waals surface area contributed by atoms with Crippen molar-refractivity contribution in [3.05, 3.63) is 71.5 Å². The van der Waals surface area contributed by atoms with Crippen LogP contribution in [0.25, 0.3) is 11.0 Å². The van der Waals surface area contributed by atoms with Crippen molar-refractivity contribution >= 4 is 34.1 Å². The third-order valence-corrected chi connectivity index (χ3v) is 5.98. The number of amides is 1. The van der Waals surface area contributed by atoms with Crippen LogP contribution >= 0.6 is 12.2 Å². The Bertz CT molecular complexity index is 1110. The van der Waals surface area contributed by atoms with E-state index in [-0.39, 0.29) is 10.9 Å². The van der Waals surface area contributed by atoms with Gasteiger partial charge in [-0.2, -0.15) is 0 Å². The minimum absolute atomic E-state index is 0.234. The summed E-state index contributed by atoms with van der Waals surface area (Å²) in [6, 6.07) is 16.7. The van der Waals surface area contributed by atoms with Gasteiger partial charge >= 0.3 is 0 Å². The summed E-state index contributed by atoms with van der Waals surface area (Å²) in [4.78, 5) is 13.3. The van der Waals surface area contributed by atoms with E-state index >= 15 is 0 Å². The zero-order valence-electron chi connectivity index (χ0n) is 17.1.